The Balaban J connectivity index is 1.93. The van der Waals surface area contributed by atoms with Gasteiger partial charge in [-0.3, -0.25) is 4.79 Å². The molecular weight excluding hydrogens is 272 g/mol. The molecule has 0 atom stereocenters. The zero-order valence-electron chi connectivity index (χ0n) is 13.0. The van der Waals surface area contributed by atoms with Crippen molar-refractivity contribution in [3.05, 3.63) is 11.9 Å². The quantitative estimate of drug-likeness (QED) is 0.800. The normalized spacial score (nSPS) is 14.8. The van der Waals surface area contributed by atoms with E-state index in [2.05, 4.69) is 10.3 Å². The summed E-state index contributed by atoms with van der Waals surface area (Å²) in [6.07, 6.45) is 1.65. The lowest BCUT2D eigenvalue weighted by Crippen LogP contribution is -2.55. The van der Waals surface area contributed by atoms with Crippen molar-refractivity contribution in [3.8, 4) is 0 Å². The average Bonchev–Trinajstić information content (AvgIpc) is 2.86. The Kier molecular flexibility index (Phi) is 4.44. The van der Waals surface area contributed by atoms with Gasteiger partial charge in [0.25, 0.3) is 5.91 Å². The summed E-state index contributed by atoms with van der Waals surface area (Å²) in [6, 6.07) is 0.154. The van der Waals surface area contributed by atoms with Crippen LogP contribution in [0.1, 0.15) is 30.4 Å². The first-order valence-corrected chi connectivity index (χ1v) is 7.15. The summed E-state index contributed by atoms with van der Waals surface area (Å²) < 4.78 is 1.67. The van der Waals surface area contributed by atoms with Gasteiger partial charge in [0.05, 0.1) is 12.2 Å². The third-order valence-electron chi connectivity index (χ3n) is 3.68. The number of likely N-dealkylation sites (tertiary alicyclic amines) is 1. The van der Waals surface area contributed by atoms with Gasteiger partial charge in [0.2, 0.25) is 0 Å². The molecule has 1 aromatic heterocycles. The monoisotopic (exact) mass is 294 g/mol. The van der Waals surface area contributed by atoms with Gasteiger partial charge in [0.1, 0.15) is 0 Å². The van der Waals surface area contributed by atoms with Crippen molar-refractivity contribution in [1.29, 1.82) is 0 Å². The first-order chi connectivity index (χ1) is 9.97. The SMILES string of the molecule is CCN(CC)C(=O)N1CC(n2cc(C(=O)N(C)C)nn2)C1. The summed E-state index contributed by atoms with van der Waals surface area (Å²) in [7, 11) is 3.35. The number of urea groups is 1. The van der Waals surface area contributed by atoms with Gasteiger partial charge in [0.15, 0.2) is 5.69 Å². The van der Waals surface area contributed by atoms with Crippen LogP contribution in [-0.4, -0.2) is 81.9 Å². The lowest BCUT2D eigenvalue weighted by molar-refractivity contribution is 0.0820. The molecule has 8 nitrogen and oxygen atoms in total. The standard InChI is InChI=1S/C13H22N6O2/c1-5-17(6-2)13(21)18-7-10(8-18)19-9-11(14-15-19)12(20)16(3)4/h9-10H,5-8H2,1-4H3. The van der Waals surface area contributed by atoms with Crippen LogP contribution in [0.4, 0.5) is 4.79 Å². The second-order valence-electron chi connectivity index (χ2n) is 5.30. The van der Waals surface area contributed by atoms with Gasteiger partial charge >= 0.3 is 6.03 Å². The lowest BCUT2D eigenvalue weighted by Gasteiger charge is -2.41. The fourth-order valence-corrected chi connectivity index (χ4v) is 2.26. The third-order valence-corrected chi connectivity index (χ3v) is 3.68. The Morgan fingerprint density at radius 1 is 1.29 bits per heavy atom. The van der Waals surface area contributed by atoms with Crippen LogP contribution in [0.3, 0.4) is 0 Å². The highest BCUT2D eigenvalue weighted by atomic mass is 16.2. The zero-order chi connectivity index (χ0) is 15.6. The minimum absolute atomic E-state index is 0.0564. The summed E-state index contributed by atoms with van der Waals surface area (Å²) in [5, 5.41) is 7.87. The minimum Gasteiger partial charge on any atom is -0.343 e. The van der Waals surface area contributed by atoms with E-state index in [1.165, 1.54) is 4.90 Å². The van der Waals surface area contributed by atoms with E-state index in [1.54, 1.807) is 34.8 Å². The number of aromatic nitrogens is 3. The second kappa shape index (κ2) is 6.11. The Morgan fingerprint density at radius 2 is 1.90 bits per heavy atom. The molecule has 8 heteroatoms. The Morgan fingerprint density at radius 3 is 2.43 bits per heavy atom. The number of hydrogen-bond donors (Lipinski definition) is 0. The zero-order valence-corrected chi connectivity index (χ0v) is 13.0. The second-order valence-corrected chi connectivity index (χ2v) is 5.30. The highest BCUT2D eigenvalue weighted by molar-refractivity contribution is 5.91. The molecule has 0 aromatic carbocycles. The highest BCUT2D eigenvalue weighted by Crippen LogP contribution is 2.21. The molecule has 0 spiro atoms. The van der Waals surface area contributed by atoms with Gasteiger partial charge in [0, 0.05) is 40.3 Å². The summed E-state index contributed by atoms with van der Waals surface area (Å²) in [5.41, 5.74) is 0.327. The van der Waals surface area contributed by atoms with E-state index in [4.69, 9.17) is 0 Å². The minimum atomic E-state index is -0.170. The molecule has 0 aliphatic carbocycles. The third kappa shape index (κ3) is 2.98. The molecule has 0 bridgehead atoms. The summed E-state index contributed by atoms with van der Waals surface area (Å²) >= 11 is 0. The van der Waals surface area contributed by atoms with Gasteiger partial charge in [-0.05, 0) is 13.8 Å². The molecule has 2 rings (SSSR count). The van der Waals surface area contributed by atoms with Crippen LogP contribution in [-0.2, 0) is 0 Å². The maximum Gasteiger partial charge on any atom is 0.320 e. The van der Waals surface area contributed by atoms with E-state index >= 15 is 0 Å². The summed E-state index contributed by atoms with van der Waals surface area (Å²) in [4.78, 5) is 28.9. The van der Waals surface area contributed by atoms with Crippen LogP contribution in [0, 0.1) is 0 Å². The van der Waals surface area contributed by atoms with Crippen LogP contribution in [0.15, 0.2) is 6.20 Å². The van der Waals surface area contributed by atoms with Crippen molar-refractivity contribution in [1.82, 2.24) is 29.7 Å². The molecule has 1 aliphatic heterocycles. The smallest absolute Gasteiger partial charge is 0.320 e. The largest absolute Gasteiger partial charge is 0.343 e. The van der Waals surface area contributed by atoms with Crippen molar-refractivity contribution in [3.63, 3.8) is 0 Å². The van der Waals surface area contributed by atoms with Crippen LogP contribution >= 0.6 is 0 Å². The predicted octanol–water partition coefficient (Wildman–Crippen LogP) is 0.298. The molecule has 2 heterocycles. The van der Waals surface area contributed by atoms with Gasteiger partial charge in [-0.25, -0.2) is 9.48 Å². The van der Waals surface area contributed by atoms with Crippen molar-refractivity contribution >= 4 is 11.9 Å². The average molecular weight is 294 g/mol. The summed E-state index contributed by atoms with van der Waals surface area (Å²) in [6.45, 7) is 6.57. The molecular formula is C13H22N6O2. The maximum absolute atomic E-state index is 12.1. The van der Waals surface area contributed by atoms with Gasteiger partial charge in [-0.1, -0.05) is 5.21 Å². The van der Waals surface area contributed by atoms with Gasteiger partial charge < -0.3 is 14.7 Å². The number of carbonyl (C=O) groups is 2. The van der Waals surface area contributed by atoms with Gasteiger partial charge in [-0.15, -0.1) is 5.10 Å². The molecule has 1 saturated heterocycles. The molecule has 21 heavy (non-hydrogen) atoms. The van der Waals surface area contributed by atoms with E-state index < -0.39 is 0 Å². The fraction of sp³-hybridized carbons (Fsp3) is 0.692. The lowest BCUT2D eigenvalue weighted by atomic mass is 10.1. The number of hydrogen-bond acceptors (Lipinski definition) is 4. The molecule has 0 N–H and O–H groups in total. The molecule has 116 valence electrons. The van der Waals surface area contributed by atoms with Crippen molar-refractivity contribution in [2.75, 3.05) is 40.3 Å². The van der Waals surface area contributed by atoms with Gasteiger partial charge in [-0.2, -0.15) is 0 Å². The van der Waals surface area contributed by atoms with E-state index in [1.807, 2.05) is 13.8 Å². The van der Waals surface area contributed by atoms with E-state index in [9.17, 15) is 9.59 Å². The molecule has 1 aromatic rings. The molecule has 0 saturated carbocycles. The molecule has 3 amide bonds. The van der Waals surface area contributed by atoms with Crippen molar-refractivity contribution < 1.29 is 9.59 Å². The van der Waals surface area contributed by atoms with Crippen LogP contribution < -0.4 is 0 Å². The first kappa shape index (κ1) is 15.3. The Labute approximate surface area is 124 Å². The van der Waals surface area contributed by atoms with Crippen molar-refractivity contribution in [2.45, 2.75) is 19.9 Å². The Bertz CT molecular complexity index is 516. The van der Waals surface area contributed by atoms with E-state index in [0.717, 1.165) is 0 Å². The molecule has 1 fully saturated rings. The van der Waals surface area contributed by atoms with Crippen LogP contribution in [0.2, 0.25) is 0 Å². The van der Waals surface area contributed by atoms with E-state index in [0.29, 0.717) is 31.9 Å². The Hall–Kier alpha value is -2.12. The highest BCUT2D eigenvalue weighted by Gasteiger charge is 2.34. The van der Waals surface area contributed by atoms with E-state index in [-0.39, 0.29) is 18.0 Å². The number of carbonyl (C=O) groups excluding carboxylic acids is 2. The molecule has 0 radical (unpaired) electrons. The number of rotatable bonds is 4. The number of amides is 3. The van der Waals surface area contributed by atoms with Crippen LogP contribution in [0.25, 0.3) is 0 Å². The summed E-state index contributed by atoms with van der Waals surface area (Å²) in [5.74, 6) is -0.170. The topological polar surface area (TPSA) is 74.6 Å². The fourth-order valence-electron chi connectivity index (χ4n) is 2.26. The van der Waals surface area contributed by atoms with Crippen LogP contribution in [0.5, 0.6) is 0 Å². The molecule has 1 aliphatic rings. The first-order valence-electron chi connectivity index (χ1n) is 7.15. The van der Waals surface area contributed by atoms with Crippen molar-refractivity contribution in [2.24, 2.45) is 0 Å². The predicted molar refractivity (Wildman–Crippen MR) is 77.0 cm³/mol. The number of nitrogens with zero attached hydrogens (tertiary/aromatic N) is 6. The molecule has 0 unspecified atom stereocenters. The maximum atomic E-state index is 12.1.